The maximum Gasteiger partial charge on any atom is 0.407 e. The summed E-state index contributed by atoms with van der Waals surface area (Å²) in [5, 5.41) is 12.4. The van der Waals surface area contributed by atoms with Gasteiger partial charge in [-0.1, -0.05) is 12.1 Å². The number of unbranched alkanes of at least 4 members (excludes halogenated alkanes) is 2. The van der Waals surface area contributed by atoms with E-state index in [1.54, 1.807) is 0 Å². The van der Waals surface area contributed by atoms with Gasteiger partial charge in [0.2, 0.25) is 0 Å². The van der Waals surface area contributed by atoms with Crippen molar-refractivity contribution in [1.29, 1.82) is 5.26 Å². The average Bonchev–Trinajstić information content (AvgIpc) is 2.55. The number of fused-ring (bicyclic) bond motifs is 1. The number of rotatable bonds is 6. The number of nitrogens with one attached hydrogen (secondary N) is 1. The predicted octanol–water partition coefficient (Wildman–Crippen LogP) is 4.50. The molecule has 2 aromatic rings. The van der Waals surface area contributed by atoms with Crippen molar-refractivity contribution >= 4 is 17.0 Å². The number of aromatic nitrogens is 1. The first-order chi connectivity index (χ1) is 11.9. The number of carbonyl (C=O) groups is 1. The molecule has 0 unspecified atom stereocenters. The number of nitriles is 1. The van der Waals surface area contributed by atoms with Crippen LogP contribution in [-0.2, 0) is 17.7 Å². The van der Waals surface area contributed by atoms with Crippen LogP contribution in [0.3, 0.4) is 0 Å². The van der Waals surface area contributed by atoms with E-state index in [4.69, 9.17) is 10.00 Å². The molecule has 0 atom stereocenters. The third-order valence-corrected chi connectivity index (χ3v) is 3.62. The number of amides is 1. The lowest BCUT2D eigenvalue weighted by Crippen LogP contribution is -2.32. The molecule has 5 nitrogen and oxygen atoms in total. The van der Waals surface area contributed by atoms with Crippen LogP contribution in [0.4, 0.5) is 4.79 Å². The summed E-state index contributed by atoms with van der Waals surface area (Å²) < 4.78 is 5.23. The third kappa shape index (κ3) is 6.42. The Balaban J connectivity index is 1.96. The van der Waals surface area contributed by atoms with Crippen LogP contribution in [0.5, 0.6) is 0 Å². The van der Waals surface area contributed by atoms with E-state index in [-0.39, 0.29) is 0 Å². The van der Waals surface area contributed by atoms with Gasteiger partial charge in [0.15, 0.2) is 0 Å². The Labute approximate surface area is 149 Å². The first-order valence-electron chi connectivity index (χ1n) is 8.60. The molecule has 0 aliphatic heterocycles. The van der Waals surface area contributed by atoms with Gasteiger partial charge in [0.1, 0.15) is 5.60 Å². The lowest BCUT2D eigenvalue weighted by atomic mass is 10.1. The molecule has 0 aliphatic carbocycles. The number of alkyl carbamates (subject to hydrolysis) is 1. The number of nitrogens with zero attached hydrogens (tertiary/aromatic N) is 2. The Bertz CT molecular complexity index is 773. The van der Waals surface area contributed by atoms with E-state index in [9.17, 15) is 4.79 Å². The summed E-state index contributed by atoms with van der Waals surface area (Å²) in [4.78, 5) is 16.4. The van der Waals surface area contributed by atoms with Gasteiger partial charge < -0.3 is 10.1 Å². The van der Waals surface area contributed by atoms with Crippen LogP contribution in [0.1, 0.15) is 51.3 Å². The summed E-state index contributed by atoms with van der Waals surface area (Å²) in [7, 11) is 0. The number of aryl methyl sites for hydroxylation is 1. The molecule has 1 amide bonds. The number of benzene rings is 1. The molecular formula is C20H25N3O2. The van der Waals surface area contributed by atoms with E-state index in [0.717, 1.165) is 41.4 Å². The number of hydrogen-bond donors (Lipinski definition) is 1. The molecule has 0 saturated heterocycles. The summed E-state index contributed by atoms with van der Waals surface area (Å²) >= 11 is 0. The minimum Gasteiger partial charge on any atom is -0.444 e. The van der Waals surface area contributed by atoms with E-state index in [1.807, 2.05) is 45.0 Å². The monoisotopic (exact) mass is 339 g/mol. The van der Waals surface area contributed by atoms with E-state index in [0.29, 0.717) is 13.0 Å². The number of ether oxygens (including phenoxy) is 1. The molecule has 0 aliphatic rings. The Morgan fingerprint density at radius 1 is 1.24 bits per heavy atom. The summed E-state index contributed by atoms with van der Waals surface area (Å²) in [6.45, 7) is 5.94. The van der Waals surface area contributed by atoms with E-state index < -0.39 is 11.7 Å². The van der Waals surface area contributed by atoms with Gasteiger partial charge in [0.05, 0.1) is 11.6 Å². The molecule has 1 aromatic heterocycles. The lowest BCUT2D eigenvalue weighted by Gasteiger charge is -2.19. The van der Waals surface area contributed by atoms with E-state index in [2.05, 4.69) is 22.4 Å². The average molecular weight is 339 g/mol. The van der Waals surface area contributed by atoms with Crippen molar-refractivity contribution in [1.82, 2.24) is 10.3 Å². The van der Waals surface area contributed by atoms with Crippen LogP contribution in [0.2, 0.25) is 0 Å². The fourth-order valence-corrected chi connectivity index (χ4v) is 2.47. The first-order valence-corrected chi connectivity index (χ1v) is 8.60. The summed E-state index contributed by atoms with van der Waals surface area (Å²) in [6, 6.07) is 12.2. The minimum atomic E-state index is -0.499. The summed E-state index contributed by atoms with van der Waals surface area (Å²) in [5.74, 6) is 0. The van der Waals surface area contributed by atoms with Gasteiger partial charge in [-0.2, -0.15) is 5.26 Å². The van der Waals surface area contributed by atoms with E-state index >= 15 is 0 Å². The minimum absolute atomic E-state index is 0.417. The van der Waals surface area contributed by atoms with Gasteiger partial charge in [0, 0.05) is 24.0 Å². The fourth-order valence-electron chi connectivity index (χ4n) is 2.47. The Hall–Kier alpha value is -2.61. The maximum atomic E-state index is 11.7. The van der Waals surface area contributed by atoms with Gasteiger partial charge in [0.25, 0.3) is 0 Å². The van der Waals surface area contributed by atoms with Crippen molar-refractivity contribution in [2.24, 2.45) is 0 Å². The van der Waals surface area contributed by atoms with Crippen LogP contribution in [0.25, 0.3) is 10.9 Å². The lowest BCUT2D eigenvalue weighted by molar-refractivity contribution is 0.0523. The predicted molar refractivity (Wildman–Crippen MR) is 98.0 cm³/mol. The zero-order chi connectivity index (χ0) is 18.3. The Morgan fingerprint density at radius 3 is 2.76 bits per heavy atom. The molecule has 0 radical (unpaired) electrons. The molecule has 1 N–H and O–H groups in total. The van der Waals surface area contributed by atoms with Crippen molar-refractivity contribution in [3.05, 3.63) is 41.6 Å². The second-order valence-electron chi connectivity index (χ2n) is 7.05. The maximum absolute atomic E-state index is 11.7. The zero-order valence-electron chi connectivity index (χ0n) is 15.1. The standard InChI is InChI=1S/C20H25N3O2/c1-20(2,3)25-19(24)22-14-15-8-11-18-16(13-15)9-10-17(23-18)7-5-4-6-12-21/h8-11,13H,4-7,14H2,1-3H3,(H,22,24). The molecule has 0 spiro atoms. The van der Waals surface area contributed by atoms with Gasteiger partial charge in [-0.05, 0) is 63.8 Å². The molecule has 1 aromatic carbocycles. The first kappa shape index (κ1) is 18.7. The van der Waals surface area contributed by atoms with Gasteiger partial charge >= 0.3 is 6.09 Å². The molecular weight excluding hydrogens is 314 g/mol. The molecule has 0 bridgehead atoms. The molecule has 1 heterocycles. The second-order valence-corrected chi connectivity index (χ2v) is 7.05. The molecule has 5 heteroatoms. The smallest absolute Gasteiger partial charge is 0.407 e. The fraction of sp³-hybridized carbons (Fsp3) is 0.450. The van der Waals surface area contributed by atoms with Gasteiger partial charge in [-0.15, -0.1) is 0 Å². The zero-order valence-corrected chi connectivity index (χ0v) is 15.1. The van der Waals surface area contributed by atoms with Crippen LogP contribution in [0, 0.1) is 11.3 Å². The van der Waals surface area contributed by atoms with Crippen LogP contribution in [0.15, 0.2) is 30.3 Å². The molecule has 132 valence electrons. The normalized spacial score (nSPS) is 11.1. The number of hydrogen-bond acceptors (Lipinski definition) is 4. The number of pyridine rings is 1. The quantitative estimate of drug-likeness (QED) is 0.787. The molecule has 0 fully saturated rings. The summed E-state index contributed by atoms with van der Waals surface area (Å²) in [5.41, 5.74) is 2.49. The Morgan fingerprint density at radius 2 is 2.04 bits per heavy atom. The summed E-state index contributed by atoms with van der Waals surface area (Å²) in [6.07, 6.45) is 2.95. The highest BCUT2D eigenvalue weighted by Crippen LogP contribution is 2.16. The molecule has 25 heavy (non-hydrogen) atoms. The number of carbonyl (C=O) groups excluding carboxylic acids is 1. The van der Waals surface area contributed by atoms with Crippen molar-refractivity contribution in [3.8, 4) is 6.07 Å². The van der Waals surface area contributed by atoms with Crippen LogP contribution < -0.4 is 5.32 Å². The highest BCUT2D eigenvalue weighted by molar-refractivity contribution is 5.79. The van der Waals surface area contributed by atoms with Gasteiger partial charge in [-0.25, -0.2) is 4.79 Å². The van der Waals surface area contributed by atoms with Crippen LogP contribution >= 0.6 is 0 Å². The highest BCUT2D eigenvalue weighted by atomic mass is 16.6. The van der Waals surface area contributed by atoms with E-state index in [1.165, 1.54) is 0 Å². The highest BCUT2D eigenvalue weighted by Gasteiger charge is 2.15. The van der Waals surface area contributed by atoms with Crippen molar-refractivity contribution in [2.75, 3.05) is 0 Å². The largest absolute Gasteiger partial charge is 0.444 e. The van der Waals surface area contributed by atoms with Crippen molar-refractivity contribution in [3.63, 3.8) is 0 Å². The Kier molecular flexibility index (Phi) is 6.35. The second kappa shape index (κ2) is 8.48. The SMILES string of the molecule is CC(C)(C)OC(=O)NCc1ccc2nc(CCCCC#N)ccc2c1. The van der Waals surface area contributed by atoms with Crippen molar-refractivity contribution < 1.29 is 9.53 Å². The van der Waals surface area contributed by atoms with Crippen molar-refractivity contribution in [2.45, 2.75) is 58.6 Å². The topological polar surface area (TPSA) is 75.0 Å². The van der Waals surface area contributed by atoms with Crippen LogP contribution in [-0.4, -0.2) is 16.7 Å². The van der Waals surface area contributed by atoms with Gasteiger partial charge in [-0.3, -0.25) is 4.98 Å². The molecule has 0 saturated carbocycles. The molecule has 2 rings (SSSR count). The third-order valence-electron chi connectivity index (χ3n) is 3.62.